The lowest BCUT2D eigenvalue weighted by atomic mass is 9.88. The molecule has 0 N–H and O–H groups in total. The predicted molar refractivity (Wildman–Crippen MR) is 90.0 cm³/mol. The number of allylic oxidation sites excluding steroid dienone is 1. The maximum absolute atomic E-state index is 12.8. The number of carbonyl (C=O) groups is 2. The van der Waals surface area contributed by atoms with E-state index in [1.165, 1.54) is 13.0 Å². The van der Waals surface area contributed by atoms with Crippen LogP contribution in [0.4, 0.5) is 13.2 Å². The Morgan fingerprint density at radius 3 is 2.48 bits per heavy atom. The Labute approximate surface area is 146 Å². The number of alkyl halides is 3. The minimum atomic E-state index is -4.37. The summed E-state index contributed by atoms with van der Waals surface area (Å²) in [5, 5.41) is 0. The first-order valence-electron chi connectivity index (χ1n) is 8.46. The lowest BCUT2D eigenvalue weighted by molar-refractivity contribution is -0.137. The van der Waals surface area contributed by atoms with Crippen LogP contribution >= 0.6 is 0 Å². The molecule has 25 heavy (non-hydrogen) atoms. The number of hydrogen-bond donors (Lipinski definition) is 0. The molecular weight excluding hydrogens is 329 g/mol. The van der Waals surface area contributed by atoms with E-state index >= 15 is 0 Å². The molecule has 136 valence electrons. The summed E-state index contributed by atoms with van der Waals surface area (Å²) in [7, 11) is 0. The first-order valence-corrected chi connectivity index (χ1v) is 8.46. The van der Waals surface area contributed by atoms with E-state index in [0.29, 0.717) is 30.7 Å². The minimum Gasteiger partial charge on any atom is -0.299 e. The summed E-state index contributed by atoms with van der Waals surface area (Å²) in [5.41, 5.74) is 0.570. The van der Waals surface area contributed by atoms with Crippen LogP contribution in [0.15, 0.2) is 36.4 Å². The van der Waals surface area contributed by atoms with Crippen LogP contribution in [-0.2, 0) is 22.2 Å². The smallest absolute Gasteiger partial charge is 0.299 e. The first-order chi connectivity index (χ1) is 11.6. The molecule has 0 bridgehead atoms. The van der Waals surface area contributed by atoms with Gasteiger partial charge in [-0.05, 0) is 50.2 Å². The predicted octanol–water partition coefficient (Wildman–Crippen LogP) is 5.01. The van der Waals surface area contributed by atoms with Crippen molar-refractivity contribution in [2.24, 2.45) is 17.8 Å². The SMILES string of the molecule is C=C(CCC(C(C)=O)C(=O)C1CC1C)Cc1cccc(C(F)(F)F)c1. The summed E-state index contributed by atoms with van der Waals surface area (Å²) in [4.78, 5) is 24.1. The second-order valence-electron chi connectivity index (χ2n) is 7.05. The molecular formula is C20H23F3O2. The molecule has 0 spiro atoms. The van der Waals surface area contributed by atoms with Gasteiger partial charge in [-0.15, -0.1) is 0 Å². The van der Waals surface area contributed by atoms with Gasteiger partial charge in [-0.2, -0.15) is 13.2 Å². The van der Waals surface area contributed by atoms with Crippen molar-refractivity contribution in [1.29, 1.82) is 0 Å². The fourth-order valence-electron chi connectivity index (χ4n) is 3.11. The van der Waals surface area contributed by atoms with Crippen LogP contribution in [0.25, 0.3) is 0 Å². The van der Waals surface area contributed by atoms with E-state index in [-0.39, 0.29) is 17.5 Å². The maximum atomic E-state index is 12.8. The molecule has 1 fully saturated rings. The summed E-state index contributed by atoms with van der Waals surface area (Å²) in [6.07, 6.45) is -2.39. The van der Waals surface area contributed by atoms with E-state index in [0.717, 1.165) is 24.1 Å². The van der Waals surface area contributed by atoms with Crippen molar-refractivity contribution in [3.8, 4) is 0 Å². The summed E-state index contributed by atoms with van der Waals surface area (Å²) in [6.45, 7) is 7.32. The number of benzene rings is 1. The highest BCUT2D eigenvalue weighted by Gasteiger charge is 2.43. The lowest BCUT2D eigenvalue weighted by Gasteiger charge is -2.14. The van der Waals surface area contributed by atoms with Crippen LogP contribution in [0.3, 0.4) is 0 Å². The molecule has 1 saturated carbocycles. The van der Waals surface area contributed by atoms with Crippen molar-refractivity contribution >= 4 is 11.6 Å². The fourth-order valence-corrected chi connectivity index (χ4v) is 3.11. The largest absolute Gasteiger partial charge is 0.416 e. The number of Topliss-reactive ketones (excluding diaryl/α,β-unsaturated/α-hetero) is 2. The lowest BCUT2D eigenvalue weighted by Crippen LogP contribution is -2.24. The number of rotatable bonds is 8. The Balaban J connectivity index is 1.93. The standard InChI is InChI=1S/C20H23F3O2/c1-12(9-15-5-4-6-16(11-15)20(21,22)23)7-8-17(14(3)24)19(25)18-10-13(18)2/h4-6,11,13,17-18H,1,7-10H2,2-3H3. The molecule has 5 heteroatoms. The molecule has 0 aromatic heterocycles. The van der Waals surface area contributed by atoms with Crippen LogP contribution in [0, 0.1) is 17.8 Å². The van der Waals surface area contributed by atoms with E-state index < -0.39 is 17.7 Å². The Morgan fingerprint density at radius 1 is 1.32 bits per heavy atom. The summed E-state index contributed by atoms with van der Waals surface area (Å²) in [5.74, 6) is -0.413. The molecule has 0 amide bonds. The Bertz CT molecular complexity index is 676. The highest BCUT2D eigenvalue weighted by atomic mass is 19.4. The van der Waals surface area contributed by atoms with Gasteiger partial charge in [-0.1, -0.05) is 37.3 Å². The summed E-state index contributed by atoms with van der Waals surface area (Å²) >= 11 is 0. The first kappa shape index (κ1) is 19.4. The Kier molecular flexibility index (Phi) is 5.86. The van der Waals surface area contributed by atoms with E-state index in [4.69, 9.17) is 0 Å². The second kappa shape index (κ2) is 7.54. The van der Waals surface area contributed by atoms with Gasteiger partial charge in [0.25, 0.3) is 0 Å². The topological polar surface area (TPSA) is 34.1 Å². The molecule has 0 aliphatic heterocycles. The van der Waals surface area contributed by atoms with Crippen molar-refractivity contribution in [2.75, 3.05) is 0 Å². The highest BCUT2D eigenvalue weighted by Crippen LogP contribution is 2.41. The van der Waals surface area contributed by atoms with Crippen molar-refractivity contribution in [1.82, 2.24) is 0 Å². The van der Waals surface area contributed by atoms with Crippen LogP contribution in [-0.4, -0.2) is 11.6 Å². The minimum absolute atomic E-state index is 0.00636. The fraction of sp³-hybridized carbons (Fsp3) is 0.500. The third-order valence-electron chi connectivity index (χ3n) is 4.80. The van der Waals surface area contributed by atoms with Crippen molar-refractivity contribution in [3.63, 3.8) is 0 Å². The number of ketones is 2. The van der Waals surface area contributed by atoms with Gasteiger partial charge < -0.3 is 0 Å². The molecule has 2 nitrogen and oxygen atoms in total. The van der Waals surface area contributed by atoms with Gasteiger partial charge in [0, 0.05) is 5.92 Å². The Morgan fingerprint density at radius 2 is 1.96 bits per heavy atom. The van der Waals surface area contributed by atoms with E-state index in [1.807, 2.05) is 6.92 Å². The van der Waals surface area contributed by atoms with Crippen LogP contribution < -0.4 is 0 Å². The van der Waals surface area contributed by atoms with Crippen molar-refractivity contribution in [2.45, 2.75) is 45.7 Å². The zero-order chi connectivity index (χ0) is 18.8. The van der Waals surface area contributed by atoms with Gasteiger partial charge >= 0.3 is 6.18 Å². The molecule has 0 saturated heterocycles. The Hall–Kier alpha value is -1.91. The quantitative estimate of drug-likeness (QED) is 0.486. The van der Waals surface area contributed by atoms with E-state index in [2.05, 4.69) is 6.58 Å². The van der Waals surface area contributed by atoms with E-state index in [1.54, 1.807) is 6.07 Å². The van der Waals surface area contributed by atoms with Crippen LogP contribution in [0.5, 0.6) is 0 Å². The van der Waals surface area contributed by atoms with Gasteiger partial charge in [-0.3, -0.25) is 9.59 Å². The zero-order valence-electron chi connectivity index (χ0n) is 14.5. The molecule has 0 radical (unpaired) electrons. The van der Waals surface area contributed by atoms with Gasteiger partial charge in [0.05, 0.1) is 11.5 Å². The summed E-state index contributed by atoms with van der Waals surface area (Å²) < 4.78 is 38.3. The monoisotopic (exact) mass is 352 g/mol. The number of halogens is 3. The number of carbonyl (C=O) groups excluding carboxylic acids is 2. The average Bonchev–Trinajstić information content (AvgIpc) is 3.23. The normalized spacial score (nSPS) is 20.8. The molecule has 1 aromatic carbocycles. The van der Waals surface area contributed by atoms with Gasteiger partial charge in [0.15, 0.2) is 0 Å². The maximum Gasteiger partial charge on any atom is 0.416 e. The van der Waals surface area contributed by atoms with Gasteiger partial charge in [-0.25, -0.2) is 0 Å². The van der Waals surface area contributed by atoms with Crippen molar-refractivity contribution in [3.05, 3.63) is 47.5 Å². The molecule has 3 atom stereocenters. The van der Waals surface area contributed by atoms with Crippen LogP contribution in [0.2, 0.25) is 0 Å². The van der Waals surface area contributed by atoms with Gasteiger partial charge in [0.2, 0.25) is 0 Å². The molecule has 1 aromatic rings. The van der Waals surface area contributed by atoms with E-state index in [9.17, 15) is 22.8 Å². The van der Waals surface area contributed by atoms with Gasteiger partial charge in [0.1, 0.15) is 11.6 Å². The molecule has 3 unspecified atom stereocenters. The summed E-state index contributed by atoms with van der Waals surface area (Å²) in [6, 6.07) is 5.15. The molecule has 1 aliphatic rings. The number of hydrogen-bond acceptors (Lipinski definition) is 2. The zero-order valence-corrected chi connectivity index (χ0v) is 14.5. The molecule has 2 rings (SSSR count). The molecule has 1 aliphatic carbocycles. The third kappa shape index (κ3) is 5.28. The third-order valence-corrected chi connectivity index (χ3v) is 4.80. The average molecular weight is 352 g/mol. The highest BCUT2D eigenvalue weighted by molar-refractivity contribution is 6.03. The van der Waals surface area contributed by atoms with Crippen molar-refractivity contribution < 1.29 is 22.8 Å². The molecule has 0 heterocycles. The van der Waals surface area contributed by atoms with Crippen LogP contribution in [0.1, 0.15) is 44.2 Å². The second-order valence-corrected chi connectivity index (χ2v) is 7.05.